The minimum atomic E-state index is -0.0389. The monoisotopic (exact) mass is 470 g/mol. The first-order valence-corrected chi connectivity index (χ1v) is 12.1. The lowest BCUT2D eigenvalue weighted by Crippen LogP contribution is -2.42. The fraction of sp³-hybridized carbons (Fsp3) is 0.333. The second-order valence-electron chi connectivity index (χ2n) is 9.17. The first kappa shape index (κ1) is 23.0. The normalized spacial score (nSPS) is 16.3. The number of piperidine rings is 1. The first-order valence-electron chi connectivity index (χ1n) is 12.1. The van der Waals surface area contributed by atoms with Crippen LogP contribution in [0.2, 0.25) is 0 Å². The van der Waals surface area contributed by atoms with Gasteiger partial charge in [-0.3, -0.25) is 9.69 Å². The summed E-state index contributed by atoms with van der Waals surface area (Å²) in [5, 5.41) is 7.28. The zero-order valence-electron chi connectivity index (χ0n) is 19.9. The average Bonchev–Trinajstić information content (AvgIpc) is 3.56. The Morgan fingerprint density at radius 3 is 2.74 bits per heavy atom. The number of carbonyl (C=O) groups is 1. The van der Waals surface area contributed by atoms with Crippen molar-refractivity contribution in [1.82, 2.24) is 29.9 Å². The molecule has 0 spiro atoms. The van der Waals surface area contributed by atoms with Crippen molar-refractivity contribution in [2.75, 3.05) is 13.1 Å². The van der Waals surface area contributed by atoms with Gasteiger partial charge in [-0.1, -0.05) is 53.7 Å². The third-order valence-electron chi connectivity index (χ3n) is 6.50. The van der Waals surface area contributed by atoms with Crippen molar-refractivity contribution in [1.29, 1.82) is 0 Å². The van der Waals surface area contributed by atoms with Crippen LogP contribution in [-0.4, -0.2) is 43.6 Å². The molecule has 1 saturated heterocycles. The lowest BCUT2D eigenvalue weighted by Gasteiger charge is -2.30. The molecule has 0 aliphatic carbocycles. The zero-order valence-corrected chi connectivity index (χ0v) is 19.9. The van der Waals surface area contributed by atoms with Gasteiger partial charge < -0.3 is 14.4 Å². The summed E-state index contributed by atoms with van der Waals surface area (Å²) in [6, 6.07) is 16.3. The topological polar surface area (TPSA) is 89.1 Å². The second kappa shape index (κ2) is 10.7. The van der Waals surface area contributed by atoms with E-state index in [-0.39, 0.29) is 11.8 Å². The van der Waals surface area contributed by atoms with E-state index in [9.17, 15) is 4.79 Å². The summed E-state index contributed by atoms with van der Waals surface area (Å²) in [5.74, 6) is 1.26. The second-order valence-corrected chi connectivity index (χ2v) is 9.17. The smallest absolute Gasteiger partial charge is 0.241 e. The molecule has 1 unspecified atom stereocenters. The van der Waals surface area contributed by atoms with Crippen molar-refractivity contribution in [3.05, 3.63) is 89.8 Å². The number of likely N-dealkylation sites (tertiary alicyclic amines) is 1. The molecule has 8 heteroatoms. The van der Waals surface area contributed by atoms with Crippen LogP contribution in [0.1, 0.15) is 35.4 Å². The molecule has 3 heterocycles. The Hall–Kier alpha value is -3.78. The van der Waals surface area contributed by atoms with Crippen LogP contribution < -0.4 is 5.32 Å². The SMILES string of the molecule is Cc1ccccc1-c1noc(CN2CCCC(C(=O)NCc3ccc(Cn4ccnc4)cc3)C2)n1. The van der Waals surface area contributed by atoms with Crippen molar-refractivity contribution >= 4 is 5.91 Å². The number of carbonyl (C=O) groups excluding carboxylic acids is 1. The van der Waals surface area contributed by atoms with E-state index in [1.807, 2.05) is 48.3 Å². The number of nitrogens with one attached hydrogen (secondary N) is 1. The van der Waals surface area contributed by atoms with Crippen LogP contribution in [-0.2, 0) is 24.4 Å². The van der Waals surface area contributed by atoms with Crippen LogP contribution in [0, 0.1) is 12.8 Å². The molecule has 0 saturated carbocycles. The molecule has 35 heavy (non-hydrogen) atoms. The van der Waals surface area contributed by atoms with Crippen LogP contribution in [0.25, 0.3) is 11.4 Å². The molecule has 0 radical (unpaired) electrons. The molecule has 1 amide bonds. The van der Waals surface area contributed by atoms with Crippen LogP contribution in [0.15, 0.2) is 71.8 Å². The summed E-state index contributed by atoms with van der Waals surface area (Å²) in [6.45, 7) is 5.53. The van der Waals surface area contributed by atoms with Crippen molar-refractivity contribution in [3.63, 3.8) is 0 Å². The third-order valence-corrected chi connectivity index (χ3v) is 6.50. The van der Waals surface area contributed by atoms with Crippen molar-refractivity contribution in [2.24, 2.45) is 5.92 Å². The van der Waals surface area contributed by atoms with E-state index >= 15 is 0 Å². The van der Waals surface area contributed by atoms with E-state index in [1.165, 1.54) is 5.56 Å². The highest BCUT2D eigenvalue weighted by molar-refractivity contribution is 5.79. The maximum absolute atomic E-state index is 12.9. The van der Waals surface area contributed by atoms with Gasteiger partial charge in [0, 0.05) is 37.6 Å². The van der Waals surface area contributed by atoms with Crippen LogP contribution in [0.5, 0.6) is 0 Å². The quantitative estimate of drug-likeness (QED) is 0.421. The number of rotatable bonds is 8. The Balaban J connectivity index is 1.12. The van der Waals surface area contributed by atoms with E-state index < -0.39 is 0 Å². The number of aromatic nitrogens is 4. The molecule has 1 N–H and O–H groups in total. The molecule has 2 aromatic carbocycles. The van der Waals surface area contributed by atoms with Crippen molar-refractivity contribution in [2.45, 2.75) is 39.4 Å². The minimum absolute atomic E-state index is 0.0389. The summed E-state index contributed by atoms with van der Waals surface area (Å²) in [4.78, 5) is 23.8. The number of benzene rings is 2. The molecule has 180 valence electrons. The third kappa shape index (κ3) is 5.84. The number of nitrogens with zero attached hydrogens (tertiary/aromatic N) is 5. The van der Waals surface area contributed by atoms with Crippen molar-refractivity contribution in [3.8, 4) is 11.4 Å². The number of imidazole rings is 1. The average molecular weight is 471 g/mol. The molecule has 1 aliphatic heterocycles. The predicted molar refractivity (Wildman–Crippen MR) is 132 cm³/mol. The molecular formula is C27H30N6O2. The fourth-order valence-corrected chi connectivity index (χ4v) is 4.54. The molecule has 1 fully saturated rings. The van der Waals surface area contributed by atoms with E-state index in [4.69, 9.17) is 4.52 Å². The molecule has 8 nitrogen and oxygen atoms in total. The molecule has 5 rings (SSSR count). The Bertz CT molecular complexity index is 1250. The van der Waals surface area contributed by atoms with Gasteiger partial charge in [0.1, 0.15) is 0 Å². The van der Waals surface area contributed by atoms with Crippen molar-refractivity contribution < 1.29 is 9.32 Å². The van der Waals surface area contributed by atoms with E-state index in [2.05, 4.69) is 49.6 Å². The van der Waals surface area contributed by atoms with Gasteiger partial charge in [0.25, 0.3) is 0 Å². The molecular weight excluding hydrogens is 440 g/mol. The summed E-state index contributed by atoms with van der Waals surface area (Å²) < 4.78 is 7.54. The number of aryl methyl sites for hydroxylation is 1. The molecule has 1 atom stereocenters. The van der Waals surface area contributed by atoms with Gasteiger partial charge in [0.2, 0.25) is 17.6 Å². The number of amides is 1. The number of hydrogen-bond donors (Lipinski definition) is 1. The van der Waals surface area contributed by atoms with Gasteiger partial charge >= 0.3 is 0 Å². The Labute approximate surface area is 205 Å². The standard InChI is InChI=1S/C27H30N6O2/c1-20-5-2-3-7-24(20)26-30-25(35-31-26)18-32-13-4-6-23(17-32)27(34)29-15-21-8-10-22(11-9-21)16-33-14-12-28-19-33/h2-3,5,7-12,14,19,23H,4,6,13,15-18H2,1H3,(H,29,34). The molecule has 0 bridgehead atoms. The highest BCUT2D eigenvalue weighted by Crippen LogP contribution is 2.22. The Morgan fingerprint density at radius 2 is 1.94 bits per heavy atom. The van der Waals surface area contributed by atoms with Gasteiger partial charge in [-0.05, 0) is 43.0 Å². The molecule has 2 aromatic heterocycles. The molecule has 4 aromatic rings. The summed E-state index contributed by atoms with van der Waals surface area (Å²) >= 11 is 0. The highest BCUT2D eigenvalue weighted by Gasteiger charge is 2.27. The minimum Gasteiger partial charge on any atom is -0.352 e. The molecule has 1 aliphatic rings. The Kier molecular flexibility index (Phi) is 6.99. The fourth-order valence-electron chi connectivity index (χ4n) is 4.54. The largest absolute Gasteiger partial charge is 0.352 e. The van der Waals surface area contributed by atoms with E-state index in [0.29, 0.717) is 31.3 Å². The van der Waals surface area contributed by atoms with Gasteiger partial charge in [-0.2, -0.15) is 4.98 Å². The summed E-state index contributed by atoms with van der Waals surface area (Å²) in [7, 11) is 0. The maximum Gasteiger partial charge on any atom is 0.241 e. The van der Waals surface area contributed by atoms with Gasteiger partial charge in [0.15, 0.2) is 0 Å². The predicted octanol–water partition coefficient (Wildman–Crippen LogP) is 3.82. The first-order chi connectivity index (χ1) is 17.1. The lowest BCUT2D eigenvalue weighted by atomic mass is 9.97. The van der Waals surface area contributed by atoms with Gasteiger partial charge in [-0.25, -0.2) is 4.98 Å². The van der Waals surface area contributed by atoms with Crippen LogP contribution >= 0.6 is 0 Å². The van der Waals surface area contributed by atoms with Crippen LogP contribution in [0.4, 0.5) is 0 Å². The number of hydrogen-bond acceptors (Lipinski definition) is 6. The zero-order chi connectivity index (χ0) is 24.0. The highest BCUT2D eigenvalue weighted by atomic mass is 16.5. The summed E-state index contributed by atoms with van der Waals surface area (Å²) in [5.41, 5.74) is 4.39. The summed E-state index contributed by atoms with van der Waals surface area (Å²) in [6.07, 6.45) is 7.40. The van der Waals surface area contributed by atoms with Gasteiger partial charge in [-0.15, -0.1) is 0 Å². The Morgan fingerprint density at radius 1 is 1.11 bits per heavy atom. The van der Waals surface area contributed by atoms with Gasteiger partial charge in [0.05, 0.1) is 18.8 Å². The van der Waals surface area contributed by atoms with E-state index in [0.717, 1.165) is 42.6 Å². The maximum atomic E-state index is 12.9. The van der Waals surface area contributed by atoms with E-state index in [1.54, 1.807) is 6.20 Å². The van der Waals surface area contributed by atoms with Crippen LogP contribution in [0.3, 0.4) is 0 Å². The lowest BCUT2D eigenvalue weighted by molar-refractivity contribution is -0.127.